The number of anilines is 1. The number of piperazine rings is 1. The summed E-state index contributed by atoms with van der Waals surface area (Å²) in [5.41, 5.74) is 0.212. The molecule has 2 N–H and O–H groups in total. The number of benzene rings is 1. The first-order chi connectivity index (χ1) is 14.3. The Balaban J connectivity index is 1.26. The molecular formula is C20H21Cl2FN4O3. The Morgan fingerprint density at radius 2 is 2.03 bits per heavy atom. The summed E-state index contributed by atoms with van der Waals surface area (Å²) in [5, 5.41) is 5.61. The van der Waals surface area contributed by atoms with Crippen LogP contribution < -0.4 is 15.5 Å². The Bertz CT molecular complexity index is 970. The fourth-order valence-electron chi connectivity index (χ4n) is 5.11. The monoisotopic (exact) mass is 454 g/mol. The van der Waals surface area contributed by atoms with Crippen LogP contribution in [0.3, 0.4) is 0 Å². The zero-order valence-electron chi connectivity index (χ0n) is 16.1. The van der Waals surface area contributed by atoms with E-state index in [-0.39, 0.29) is 47.5 Å². The molecule has 2 saturated heterocycles. The first-order valence-electron chi connectivity index (χ1n) is 10.1. The SMILES string of the molecule is O=C1NC(=O)[C@](CCC(=O)N2CCN3c4c(Cl)c(Cl)cc(F)c4CC3C2)(C2CC2)N1. The molecule has 3 aliphatic heterocycles. The lowest BCUT2D eigenvalue weighted by atomic mass is 9.87. The zero-order chi connectivity index (χ0) is 21.2. The number of nitrogens with zero attached hydrogens (tertiary/aromatic N) is 2. The molecule has 0 bridgehead atoms. The van der Waals surface area contributed by atoms with Gasteiger partial charge in [-0.2, -0.15) is 0 Å². The van der Waals surface area contributed by atoms with Crippen LogP contribution in [-0.2, 0) is 16.0 Å². The minimum Gasteiger partial charge on any atom is -0.363 e. The zero-order valence-corrected chi connectivity index (χ0v) is 17.7. The van der Waals surface area contributed by atoms with Gasteiger partial charge in [-0.1, -0.05) is 23.2 Å². The van der Waals surface area contributed by atoms with Crippen LogP contribution in [0.15, 0.2) is 6.07 Å². The first kappa shape index (κ1) is 19.9. The lowest BCUT2D eigenvalue weighted by molar-refractivity contribution is -0.133. The standard InChI is InChI=1S/C20H21Cl2FN4O3/c21-13-8-14(23)12-7-11-9-26(5-6-27(11)17(12)16(13)22)15(28)3-4-20(10-1-2-10)18(29)24-19(30)25-20/h8,10-11H,1-7,9H2,(H2,24,25,29,30)/t11?,20-/m0/s1. The number of hydrogen-bond acceptors (Lipinski definition) is 4. The molecule has 0 spiro atoms. The van der Waals surface area contributed by atoms with Gasteiger partial charge in [0, 0.05) is 31.6 Å². The number of fused-ring (bicyclic) bond motifs is 3. The lowest BCUT2D eigenvalue weighted by Gasteiger charge is -2.39. The molecular weight excluding hydrogens is 434 g/mol. The van der Waals surface area contributed by atoms with Crippen LogP contribution in [0.5, 0.6) is 0 Å². The van der Waals surface area contributed by atoms with E-state index in [1.54, 1.807) is 4.90 Å². The Morgan fingerprint density at radius 1 is 1.27 bits per heavy atom. The normalized spacial score (nSPS) is 27.6. The van der Waals surface area contributed by atoms with Gasteiger partial charge in [-0.15, -0.1) is 0 Å². The van der Waals surface area contributed by atoms with Gasteiger partial charge in [-0.25, -0.2) is 9.18 Å². The van der Waals surface area contributed by atoms with Crippen molar-refractivity contribution in [2.24, 2.45) is 5.92 Å². The second-order valence-electron chi connectivity index (χ2n) is 8.53. The molecule has 2 atom stereocenters. The van der Waals surface area contributed by atoms with Gasteiger partial charge in [-0.05, 0) is 37.7 Å². The quantitative estimate of drug-likeness (QED) is 0.540. The van der Waals surface area contributed by atoms with Gasteiger partial charge in [0.25, 0.3) is 5.91 Å². The summed E-state index contributed by atoms with van der Waals surface area (Å²) >= 11 is 12.4. The van der Waals surface area contributed by atoms with Crippen LogP contribution in [0.1, 0.15) is 31.2 Å². The molecule has 0 aromatic heterocycles. The summed E-state index contributed by atoms with van der Waals surface area (Å²) in [7, 11) is 0. The van der Waals surface area contributed by atoms with E-state index in [4.69, 9.17) is 23.2 Å². The minimum atomic E-state index is -0.967. The lowest BCUT2D eigenvalue weighted by Crippen LogP contribution is -2.54. The molecule has 3 heterocycles. The maximum Gasteiger partial charge on any atom is 0.322 e. The van der Waals surface area contributed by atoms with Gasteiger partial charge in [0.05, 0.1) is 21.8 Å². The van der Waals surface area contributed by atoms with Gasteiger partial charge in [0.15, 0.2) is 0 Å². The largest absolute Gasteiger partial charge is 0.363 e. The highest BCUT2D eigenvalue weighted by atomic mass is 35.5. The number of rotatable bonds is 4. The third-order valence-electron chi connectivity index (χ3n) is 6.78. The molecule has 1 aromatic rings. The van der Waals surface area contributed by atoms with Gasteiger partial charge in [0.2, 0.25) is 5.91 Å². The van der Waals surface area contributed by atoms with Crippen LogP contribution >= 0.6 is 23.2 Å². The van der Waals surface area contributed by atoms with E-state index in [0.717, 1.165) is 12.8 Å². The van der Waals surface area contributed by atoms with Crippen LogP contribution in [-0.4, -0.2) is 54.0 Å². The molecule has 1 saturated carbocycles. The molecule has 4 amide bonds. The molecule has 0 radical (unpaired) electrons. The Kier molecular flexibility index (Phi) is 4.63. The first-order valence-corrected chi connectivity index (χ1v) is 10.9. The van der Waals surface area contributed by atoms with Crippen molar-refractivity contribution in [2.45, 2.75) is 43.7 Å². The fourth-order valence-corrected chi connectivity index (χ4v) is 5.57. The number of nitrogens with one attached hydrogen (secondary N) is 2. The van der Waals surface area contributed by atoms with E-state index in [1.165, 1.54) is 6.07 Å². The Labute approximate surface area is 182 Å². The molecule has 5 rings (SSSR count). The van der Waals surface area contributed by atoms with E-state index < -0.39 is 11.6 Å². The maximum absolute atomic E-state index is 14.4. The van der Waals surface area contributed by atoms with Crippen molar-refractivity contribution in [3.05, 3.63) is 27.5 Å². The molecule has 10 heteroatoms. The summed E-state index contributed by atoms with van der Waals surface area (Å²) in [6.45, 7) is 1.47. The topological polar surface area (TPSA) is 81.8 Å². The number of carbonyl (C=O) groups excluding carboxylic acids is 3. The molecule has 4 aliphatic rings. The molecule has 1 unspecified atom stereocenters. The summed E-state index contributed by atoms with van der Waals surface area (Å²) in [5.74, 6) is -0.682. The second-order valence-corrected chi connectivity index (χ2v) is 9.31. The summed E-state index contributed by atoms with van der Waals surface area (Å²) in [6, 6.07) is 0.687. The van der Waals surface area contributed by atoms with Crippen LogP contribution in [0, 0.1) is 11.7 Å². The van der Waals surface area contributed by atoms with Gasteiger partial charge in [0.1, 0.15) is 11.4 Å². The van der Waals surface area contributed by atoms with Crippen molar-refractivity contribution < 1.29 is 18.8 Å². The third kappa shape index (κ3) is 3.03. The average Bonchev–Trinajstić information content (AvgIpc) is 3.42. The number of carbonyl (C=O) groups is 3. The molecule has 1 aliphatic carbocycles. The predicted octanol–water partition coefficient (Wildman–Crippen LogP) is 2.47. The van der Waals surface area contributed by atoms with Gasteiger partial charge in [-0.3, -0.25) is 14.9 Å². The van der Waals surface area contributed by atoms with E-state index in [0.29, 0.717) is 42.3 Å². The van der Waals surface area contributed by atoms with Crippen molar-refractivity contribution in [2.75, 3.05) is 24.5 Å². The number of hydrogen-bond donors (Lipinski definition) is 2. The summed E-state index contributed by atoms with van der Waals surface area (Å²) < 4.78 is 14.4. The van der Waals surface area contributed by atoms with Crippen molar-refractivity contribution in [3.8, 4) is 0 Å². The third-order valence-corrected chi connectivity index (χ3v) is 7.56. The van der Waals surface area contributed by atoms with Crippen molar-refractivity contribution >= 4 is 46.7 Å². The highest BCUT2D eigenvalue weighted by Crippen LogP contribution is 2.45. The molecule has 30 heavy (non-hydrogen) atoms. The second kappa shape index (κ2) is 6.99. The maximum atomic E-state index is 14.4. The van der Waals surface area contributed by atoms with E-state index in [9.17, 15) is 18.8 Å². The number of amides is 4. The van der Waals surface area contributed by atoms with Crippen molar-refractivity contribution in [1.29, 1.82) is 0 Å². The highest BCUT2D eigenvalue weighted by molar-refractivity contribution is 6.44. The minimum absolute atomic E-state index is 0.0601. The smallest absolute Gasteiger partial charge is 0.322 e. The highest BCUT2D eigenvalue weighted by Gasteiger charge is 2.55. The summed E-state index contributed by atoms with van der Waals surface area (Å²) in [6.07, 6.45) is 2.66. The van der Waals surface area contributed by atoms with Gasteiger partial charge >= 0.3 is 6.03 Å². The van der Waals surface area contributed by atoms with E-state index in [2.05, 4.69) is 10.6 Å². The van der Waals surface area contributed by atoms with Crippen molar-refractivity contribution in [1.82, 2.24) is 15.5 Å². The van der Waals surface area contributed by atoms with Crippen LogP contribution in [0.4, 0.5) is 14.9 Å². The number of urea groups is 1. The Hall–Kier alpha value is -2.06. The van der Waals surface area contributed by atoms with Crippen LogP contribution in [0.2, 0.25) is 10.0 Å². The molecule has 3 fully saturated rings. The van der Waals surface area contributed by atoms with E-state index >= 15 is 0 Å². The van der Waals surface area contributed by atoms with Crippen molar-refractivity contribution in [3.63, 3.8) is 0 Å². The Morgan fingerprint density at radius 3 is 2.70 bits per heavy atom. The van der Waals surface area contributed by atoms with Gasteiger partial charge < -0.3 is 15.1 Å². The predicted molar refractivity (Wildman–Crippen MR) is 109 cm³/mol. The fraction of sp³-hybridized carbons (Fsp3) is 0.550. The molecule has 1 aromatic carbocycles. The average molecular weight is 455 g/mol. The van der Waals surface area contributed by atoms with E-state index in [1.807, 2.05) is 4.90 Å². The summed E-state index contributed by atoms with van der Waals surface area (Å²) in [4.78, 5) is 40.7. The number of halogens is 3. The number of imide groups is 1. The molecule has 160 valence electrons. The molecule has 7 nitrogen and oxygen atoms in total. The van der Waals surface area contributed by atoms with Crippen LogP contribution in [0.25, 0.3) is 0 Å².